The molecule has 0 aliphatic carbocycles. The Bertz CT molecular complexity index is 771. The van der Waals surface area contributed by atoms with Crippen LogP contribution in [0.15, 0.2) is 29.4 Å². The first kappa shape index (κ1) is 15.5. The number of nitrogens with two attached hydrogens (primary N) is 1. The minimum Gasteiger partial charge on any atom is -0.384 e. The average molecular weight is 328 g/mol. The summed E-state index contributed by atoms with van der Waals surface area (Å²) in [7, 11) is 0. The van der Waals surface area contributed by atoms with Gasteiger partial charge in [-0.3, -0.25) is 9.59 Å². The molecule has 118 valence electrons. The standard InChI is InChI=1S/C16H16N4O2S/c1-9-6-14(17)20-16(18-9)23-8-13(21)11-2-4-12-10(7-11)3-5-15(22)19-12/h2,4,6-7H,3,5,8H2,1H3,(H,19,22)(H2,17,18,20). The van der Waals surface area contributed by atoms with Crippen molar-refractivity contribution in [1.82, 2.24) is 9.97 Å². The molecule has 2 heterocycles. The normalized spacial score (nSPS) is 13.3. The number of hydrogen-bond donors (Lipinski definition) is 2. The molecule has 0 atom stereocenters. The van der Waals surface area contributed by atoms with Gasteiger partial charge in [0.2, 0.25) is 5.91 Å². The van der Waals surface area contributed by atoms with Crippen LogP contribution in [0.1, 0.15) is 28.0 Å². The minimum absolute atomic E-state index is 0.00150. The van der Waals surface area contributed by atoms with Gasteiger partial charge in [-0.1, -0.05) is 11.8 Å². The number of fused-ring (bicyclic) bond motifs is 1. The number of benzene rings is 1. The molecule has 6 nitrogen and oxygen atoms in total. The first-order chi connectivity index (χ1) is 11.0. The summed E-state index contributed by atoms with van der Waals surface area (Å²) in [5.41, 5.74) is 8.88. The van der Waals surface area contributed by atoms with Gasteiger partial charge in [0.05, 0.1) is 5.75 Å². The highest BCUT2D eigenvalue weighted by atomic mass is 32.2. The van der Waals surface area contributed by atoms with Gasteiger partial charge in [-0.2, -0.15) is 0 Å². The molecule has 0 spiro atoms. The Kier molecular flexibility index (Phi) is 4.29. The highest BCUT2D eigenvalue weighted by molar-refractivity contribution is 7.99. The summed E-state index contributed by atoms with van der Waals surface area (Å²) in [6.45, 7) is 1.84. The zero-order valence-electron chi connectivity index (χ0n) is 12.6. The molecule has 1 aromatic heterocycles. The first-order valence-corrected chi connectivity index (χ1v) is 8.20. The highest BCUT2D eigenvalue weighted by Crippen LogP contribution is 2.25. The number of ketones is 1. The monoisotopic (exact) mass is 328 g/mol. The van der Waals surface area contributed by atoms with Crippen LogP contribution in [0.4, 0.5) is 11.5 Å². The number of nitrogens with one attached hydrogen (secondary N) is 1. The molecule has 0 unspecified atom stereocenters. The number of hydrogen-bond acceptors (Lipinski definition) is 6. The Morgan fingerprint density at radius 1 is 1.30 bits per heavy atom. The molecule has 0 saturated heterocycles. The van der Waals surface area contributed by atoms with E-state index >= 15 is 0 Å². The Hall–Kier alpha value is -2.41. The van der Waals surface area contributed by atoms with Crippen LogP contribution in [0.25, 0.3) is 0 Å². The highest BCUT2D eigenvalue weighted by Gasteiger charge is 2.17. The van der Waals surface area contributed by atoms with Crippen LogP contribution < -0.4 is 11.1 Å². The van der Waals surface area contributed by atoms with Gasteiger partial charge in [-0.05, 0) is 37.1 Å². The number of rotatable bonds is 4. The summed E-state index contributed by atoms with van der Waals surface area (Å²) in [5.74, 6) is 0.658. The summed E-state index contributed by atoms with van der Waals surface area (Å²) in [5, 5.41) is 3.31. The number of amides is 1. The summed E-state index contributed by atoms with van der Waals surface area (Å²) < 4.78 is 0. The molecule has 0 radical (unpaired) electrons. The Labute approximate surface area is 137 Å². The molecular weight excluding hydrogens is 312 g/mol. The van der Waals surface area contributed by atoms with Gasteiger partial charge < -0.3 is 11.1 Å². The third-order valence-electron chi connectivity index (χ3n) is 3.51. The number of carbonyl (C=O) groups is 2. The Balaban J connectivity index is 1.70. The lowest BCUT2D eigenvalue weighted by Crippen LogP contribution is -2.19. The average Bonchev–Trinajstić information content (AvgIpc) is 2.51. The van der Waals surface area contributed by atoms with E-state index in [1.54, 1.807) is 18.2 Å². The SMILES string of the molecule is Cc1cc(N)nc(SCC(=O)c2ccc3c(c2)CCC(=O)N3)n1. The van der Waals surface area contributed by atoms with Gasteiger partial charge in [0.25, 0.3) is 0 Å². The van der Waals surface area contributed by atoms with Gasteiger partial charge >= 0.3 is 0 Å². The second-order valence-corrected chi connectivity index (χ2v) is 6.29. The van der Waals surface area contributed by atoms with E-state index in [-0.39, 0.29) is 17.4 Å². The van der Waals surface area contributed by atoms with E-state index in [0.717, 1.165) is 16.9 Å². The lowest BCUT2D eigenvalue weighted by Gasteiger charge is -2.17. The van der Waals surface area contributed by atoms with E-state index in [4.69, 9.17) is 5.73 Å². The lowest BCUT2D eigenvalue weighted by atomic mass is 9.99. The van der Waals surface area contributed by atoms with Crippen molar-refractivity contribution in [3.8, 4) is 0 Å². The van der Waals surface area contributed by atoms with Gasteiger partial charge in [-0.25, -0.2) is 9.97 Å². The van der Waals surface area contributed by atoms with Crippen LogP contribution in [0, 0.1) is 6.92 Å². The van der Waals surface area contributed by atoms with Crippen molar-refractivity contribution >= 4 is 35.0 Å². The van der Waals surface area contributed by atoms with Crippen molar-refractivity contribution in [2.45, 2.75) is 24.9 Å². The van der Waals surface area contributed by atoms with E-state index in [1.807, 2.05) is 13.0 Å². The van der Waals surface area contributed by atoms with Crippen molar-refractivity contribution in [3.63, 3.8) is 0 Å². The van der Waals surface area contributed by atoms with Gasteiger partial charge in [-0.15, -0.1) is 0 Å². The Morgan fingerprint density at radius 2 is 2.13 bits per heavy atom. The summed E-state index contributed by atoms with van der Waals surface area (Å²) in [4.78, 5) is 32.1. The largest absolute Gasteiger partial charge is 0.384 e. The summed E-state index contributed by atoms with van der Waals surface area (Å²) >= 11 is 1.27. The molecule has 2 aromatic rings. The van der Waals surface area contributed by atoms with E-state index in [2.05, 4.69) is 15.3 Å². The molecule has 1 aliphatic rings. The first-order valence-electron chi connectivity index (χ1n) is 7.21. The molecule has 3 N–H and O–H groups in total. The van der Waals surface area contributed by atoms with E-state index in [1.165, 1.54) is 11.8 Å². The van der Waals surface area contributed by atoms with Crippen molar-refractivity contribution in [2.24, 2.45) is 0 Å². The Morgan fingerprint density at radius 3 is 2.91 bits per heavy atom. The molecule has 0 bridgehead atoms. The van der Waals surface area contributed by atoms with Crippen molar-refractivity contribution in [2.75, 3.05) is 16.8 Å². The zero-order chi connectivity index (χ0) is 16.4. The maximum atomic E-state index is 12.3. The molecule has 7 heteroatoms. The summed E-state index contributed by atoms with van der Waals surface area (Å²) in [6.07, 6.45) is 1.11. The zero-order valence-corrected chi connectivity index (χ0v) is 13.4. The maximum absolute atomic E-state index is 12.3. The minimum atomic E-state index is -0.00150. The molecule has 1 aliphatic heterocycles. The van der Waals surface area contributed by atoms with Gasteiger partial charge in [0.1, 0.15) is 5.82 Å². The van der Waals surface area contributed by atoms with Gasteiger partial charge in [0.15, 0.2) is 10.9 Å². The van der Waals surface area contributed by atoms with Crippen LogP contribution in [-0.2, 0) is 11.2 Å². The topological polar surface area (TPSA) is 98.0 Å². The van der Waals surface area contributed by atoms with E-state index < -0.39 is 0 Å². The molecule has 1 amide bonds. The number of anilines is 2. The van der Waals surface area contributed by atoms with E-state index in [9.17, 15) is 9.59 Å². The predicted molar refractivity (Wildman–Crippen MR) is 89.6 cm³/mol. The van der Waals surface area contributed by atoms with Crippen LogP contribution in [0.5, 0.6) is 0 Å². The lowest BCUT2D eigenvalue weighted by molar-refractivity contribution is -0.116. The molecule has 1 aromatic carbocycles. The third-order valence-corrected chi connectivity index (χ3v) is 4.36. The number of nitrogens with zero attached hydrogens (tertiary/aromatic N) is 2. The second kappa shape index (κ2) is 6.37. The summed E-state index contributed by atoms with van der Waals surface area (Å²) in [6, 6.07) is 7.05. The van der Waals surface area contributed by atoms with Crippen LogP contribution >= 0.6 is 11.8 Å². The third kappa shape index (κ3) is 3.68. The number of aryl methyl sites for hydroxylation is 2. The fourth-order valence-corrected chi connectivity index (χ4v) is 3.21. The second-order valence-electron chi connectivity index (χ2n) is 5.35. The van der Waals surface area contributed by atoms with Crippen LogP contribution in [0.2, 0.25) is 0 Å². The fraction of sp³-hybridized carbons (Fsp3) is 0.250. The maximum Gasteiger partial charge on any atom is 0.224 e. The number of carbonyl (C=O) groups excluding carboxylic acids is 2. The molecular formula is C16H16N4O2S. The van der Waals surface area contributed by atoms with Crippen LogP contribution in [-0.4, -0.2) is 27.4 Å². The predicted octanol–water partition coefficient (Wildman–Crippen LogP) is 2.23. The molecule has 0 fully saturated rings. The molecule has 23 heavy (non-hydrogen) atoms. The number of nitrogen functional groups attached to an aromatic ring is 1. The van der Waals surface area contributed by atoms with E-state index in [0.29, 0.717) is 29.4 Å². The molecule has 3 rings (SSSR count). The van der Waals surface area contributed by atoms with Crippen LogP contribution in [0.3, 0.4) is 0 Å². The van der Waals surface area contributed by atoms with Crippen molar-refractivity contribution in [3.05, 3.63) is 41.1 Å². The number of aromatic nitrogens is 2. The van der Waals surface area contributed by atoms with Gasteiger partial charge in [0, 0.05) is 29.4 Å². The van der Waals surface area contributed by atoms with Crippen molar-refractivity contribution < 1.29 is 9.59 Å². The smallest absolute Gasteiger partial charge is 0.224 e. The van der Waals surface area contributed by atoms with Crippen molar-refractivity contribution in [1.29, 1.82) is 0 Å². The fourth-order valence-electron chi connectivity index (χ4n) is 2.40. The number of thioether (sulfide) groups is 1. The molecule has 0 saturated carbocycles. The quantitative estimate of drug-likeness (QED) is 0.507. The number of Topliss-reactive ketones (excluding diaryl/α,β-unsaturated/α-hetero) is 1.